The van der Waals surface area contributed by atoms with E-state index < -0.39 is 0 Å². The highest BCUT2D eigenvalue weighted by atomic mass is 16.5. The molecule has 2 rings (SSSR count). The summed E-state index contributed by atoms with van der Waals surface area (Å²) in [6, 6.07) is 2.17. The van der Waals surface area contributed by atoms with Crippen LogP contribution in [0.4, 0.5) is 5.82 Å². The highest BCUT2D eigenvalue weighted by Crippen LogP contribution is 2.28. The van der Waals surface area contributed by atoms with Crippen molar-refractivity contribution in [2.45, 2.75) is 26.8 Å². The Bertz CT molecular complexity index is 434. The molecule has 0 radical (unpaired) electrons. The van der Waals surface area contributed by atoms with Gasteiger partial charge in [-0.25, -0.2) is 4.98 Å². The number of ether oxygens (including phenoxy) is 1. The Balaban J connectivity index is 2.23. The van der Waals surface area contributed by atoms with E-state index in [0.29, 0.717) is 5.92 Å². The Kier molecular flexibility index (Phi) is 4.77. The number of rotatable bonds is 5. The van der Waals surface area contributed by atoms with Crippen molar-refractivity contribution in [1.29, 1.82) is 0 Å². The molecule has 1 aromatic heterocycles. The third-order valence-electron chi connectivity index (χ3n) is 3.79. The molecule has 4 nitrogen and oxygen atoms in total. The second-order valence-electron chi connectivity index (χ2n) is 5.47. The molecule has 1 saturated heterocycles. The van der Waals surface area contributed by atoms with E-state index in [1.165, 1.54) is 17.5 Å². The van der Waals surface area contributed by atoms with Crippen LogP contribution in [0.15, 0.2) is 6.07 Å². The van der Waals surface area contributed by atoms with Gasteiger partial charge in [0.25, 0.3) is 0 Å². The number of aryl methyl sites for hydroxylation is 2. The number of methoxy groups -OCH3 is 1. The van der Waals surface area contributed by atoms with Crippen LogP contribution in [0.25, 0.3) is 0 Å². The van der Waals surface area contributed by atoms with Crippen molar-refractivity contribution in [3.05, 3.63) is 22.9 Å². The SMILES string of the molecule is CNCc1c(C)cc(C)nc1N1CCC(COC)C1. The summed E-state index contributed by atoms with van der Waals surface area (Å²) in [5.74, 6) is 1.79. The lowest BCUT2D eigenvalue weighted by atomic mass is 10.1. The van der Waals surface area contributed by atoms with Gasteiger partial charge < -0.3 is 15.0 Å². The quantitative estimate of drug-likeness (QED) is 0.880. The summed E-state index contributed by atoms with van der Waals surface area (Å²) in [5.41, 5.74) is 3.75. The van der Waals surface area contributed by atoms with E-state index in [4.69, 9.17) is 9.72 Å². The molecule has 1 aromatic rings. The maximum Gasteiger partial charge on any atom is 0.133 e. The highest BCUT2D eigenvalue weighted by Gasteiger charge is 2.25. The van der Waals surface area contributed by atoms with Crippen LogP contribution < -0.4 is 10.2 Å². The van der Waals surface area contributed by atoms with Crippen LogP contribution in [-0.4, -0.2) is 38.8 Å². The number of hydrogen-bond donors (Lipinski definition) is 1. The van der Waals surface area contributed by atoms with Crippen LogP contribution in [0.5, 0.6) is 0 Å². The molecule has 0 bridgehead atoms. The lowest BCUT2D eigenvalue weighted by Gasteiger charge is -2.23. The molecule has 1 aliphatic heterocycles. The van der Waals surface area contributed by atoms with Crippen LogP contribution in [0.2, 0.25) is 0 Å². The molecule has 1 unspecified atom stereocenters. The van der Waals surface area contributed by atoms with Crippen molar-refractivity contribution >= 4 is 5.82 Å². The molecule has 2 heterocycles. The Morgan fingerprint density at radius 1 is 1.47 bits per heavy atom. The smallest absolute Gasteiger partial charge is 0.133 e. The van der Waals surface area contributed by atoms with E-state index in [-0.39, 0.29) is 0 Å². The van der Waals surface area contributed by atoms with Crippen molar-refractivity contribution in [3.63, 3.8) is 0 Å². The number of hydrogen-bond acceptors (Lipinski definition) is 4. The summed E-state index contributed by atoms with van der Waals surface area (Å²) in [5, 5.41) is 3.25. The van der Waals surface area contributed by atoms with Gasteiger partial charge in [0.05, 0.1) is 6.61 Å². The average molecular weight is 263 g/mol. The molecule has 0 spiro atoms. The standard InChI is InChI=1S/C15H25N3O/c1-11-7-12(2)17-15(14(11)8-16-3)18-6-5-13(9-18)10-19-4/h7,13,16H,5-6,8-10H2,1-4H3. The van der Waals surface area contributed by atoms with Crippen molar-refractivity contribution in [3.8, 4) is 0 Å². The summed E-state index contributed by atoms with van der Waals surface area (Å²) in [7, 11) is 3.77. The van der Waals surface area contributed by atoms with Crippen LogP contribution in [0.1, 0.15) is 23.2 Å². The van der Waals surface area contributed by atoms with Crippen LogP contribution >= 0.6 is 0 Å². The van der Waals surface area contributed by atoms with Gasteiger partial charge in [0.15, 0.2) is 0 Å². The van der Waals surface area contributed by atoms with Gasteiger partial charge in [-0.3, -0.25) is 0 Å². The van der Waals surface area contributed by atoms with Gasteiger partial charge in [0.1, 0.15) is 5.82 Å². The van der Waals surface area contributed by atoms with E-state index in [1.807, 2.05) is 7.05 Å². The molecule has 0 aliphatic carbocycles. The third kappa shape index (κ3) is 3.25. The van der Waals surface area contributed by atoms with E-state index in [2.05, 4.69) is 30.1 Å². The second-order valence-corrected chi connectivity index (χ2v) is 5.47. The molecule has 19 heavy (non-hydrogen) atoms. The molecular formula is C15H25N3O. The van der Waals surface area contributed by atoms with Crippen molar-refractivity contribution in [1.82, 2.24) is 10.3 Å². The van der Waals surface area contributed by atoms with Crippen molar-refractivity contribution < 1.29 is 4.74 Å². The minimum atomic E-state index is 0.634. The van der Waals surface area contributed by atoms with Gasteiger partial charge in [-0.15, -0.1) is 0 Å². The lowest BCUT2D eigenvalue weighted by Crippen LogP contribution is -2.25. The fraction of sp³-hybridized carbons (Fsp3) is 0.667. The molecule has 0 aromatic carbocycles. The molecule has 1 fully saturated rings. The predicted octanol–water partition coefficient (Wildman–Crippen LogP) is 1.89. The largest absolute Gasteiger partial charge is 0.384 e. The van der Waals surface area contributed by atoms with Crippen LogP contribution in [-0.2, 0) is 11.3 Å². The van der Waals surface area contributed by atoms with E-state index in [1.54, 1.807) is 7.11 Å². The van der Waals surface area contributed by atoms with Gasteiger partial charge in [-0.2, -0.15) is 0 Å². The van der Waals surface area contributed by atoms with E-state index in [0.717, 1.165) is 37.8 Å². The minimum Gasteiger partial charge on any atom is -0.384 e. The number of pyridine rings is 1. The monoisotopic (exact) mass is 263 g/mol. The highest BCUT2D eigenvalue weighted by molar-refractivity contribution is 5.52. The van der Waals surface area contributed by atoms with Gasteiger partial charge in [-0.1, -0.05) is 0 Å². The maximum absolute atomic E-state index is 5.28. The topological polar surface area (TPSA) is 37.4 Å². The van der Waals surface area contributed by atoms with Crippen LogP contribution in [0, 0.1) is 19.8 Å². The predicted molar refractivity (Wildman–Crippen MR) is 78.7 cm³/mol. The fourth-order valence-electron chi connectivity index (χ4n) is 2.90. The zero-order valence-corrected chi connectivity index (χ0v) is 12.5. The lowest BCUT2D eigenvalue weighted by molar-refractivity contribution is 0.161. The van der Waals surface area contributed by atoms with Crippen molar-refractivity contribution in [2.75, 3.05) is 38.8 Å². The second kappa shape index (κ2) is 6.35. The van der Waals surface area contributed by atoms with Gasteiger partial charge >= 0.3 is 0 Å². The molecular weight excluding hydrogens is 238 g/mol. The molecule has 1 aliphatic rings. The van der Waals surface area contributed by atoms with Gasteiger partial charge in [0, 0.05) is 43.9 Å². The first-order valence-corrected chi connectivity index (χ1v) is 7.01. The summed E-state index contributed by atoms with van der Waals surface area (Å²) in [6.45, 7) is 8.11. The van der Waals surface area contributed by atoms with E-state index in [9.17, 15) is 0 Å². The van der Waals surface area contributed by atoms with Crippen LogP contribution in [0.3, 0.4) is 0 Å². The first-order chi connectivity index (χ1) is 9.15. The zero-order valence-electron chi connectivity index (χ0n) is 12.5. The summed E-state index contributed by atoms with van der Waals surface area (Å²) >= 11 is 0. The molecule has 4 heteroatoms. The fourth-order valence-corrected chi connectivity index (χ4v) is 2.90. The minimum absolute atomic E-state index is 0.634. The summed E-state index contributed by atoms with van der Waals surface area (Å²) in [4.78, 5) is 7.19. The summed E-state index contributed by atoms with van der Waals surface area (Å²) < 4.78 is 5.28. The molecule has 106 valence electrons. The van der Waals surface area contributed by atoms with Gasteiger partial charge in [-0.05, 0) is 38.9 Å². The Hall–Kier alpha value is -1.13. The number of nitrogens with one attached hydrogen (secondary N) is 1. The van der Waals surface area contributed by atoms with E-state index >= 15 is 0 Å². The third-order valence-corrected chi connectivity index (χ3v) is 3.79. The Morgan fingerprint density at radius 3 is 2.95 bits per heavy atom. The number of aromatic nitrogens is 1. The first-order valence-electron chi connectivity index (χ1n) is 7.01. The first kappa shape index (κ1) is 14.3. The molecule has 1 atom stereocenters. The molecule has 0 amide bonds. The maximum atomic E-state index is 5.28. The van der Waals surface area contributed by atoms with Crippen molar-refractivity contribution in [2.24, 2.45) is 5.92 Å². The Morgan fingerprint density at radius 2 is 2.26 bits per heavy atom. The molecule has 0 saturated carbocycles. The normalized spacial score (nSPS) is 19.2. The van der Waals surface area contributed by atoms with Gasteiger partial charge in [0.2, 0.25) is 0 Å². The number of anilines is 1. The Labute approximate surface area is 116 Å². The molecule has 1 N–H and O–H groups in total. The summed E-state index contributed by atoms with van der Waals surface area (Å²) in [6.07, 6.45) is 1.20. The number of nitrogens with zero attached hydrogens (tertiary/aromatic N) is 2. The zero-order chi connectivity index (χ0) is 13.8. The average Bonchev–Trinajstić information content (AvgIpc) is 2.81.